The Balaban J connectivity index is 1.66. The van der Waals surface area contributed by atoms with Gasteiger partial charge in [-0.2, -0.15) is 4.31 Å². The molecule has 1 saturated heterocycles. The lowest BCUT2D eigenvalue weighted by molar-refractivity contribution is -0.122. The number of carbonyl (C=O) groups excluding carboxylic acids is 1. The van der Waals surface area contributed by atoms with Gasteiger partial charge in [0.25, 0.3) is 0 Å². The van der Waals surface area contributed by atoms with Gasteiger partial charge in [0, 0.05) is 25.6 Å². The number of hydrogen-bond donors (Lipinski definition) is 1. The molecule has 1 heterocycles. The Bertz CT molecular complexity index is 960. The van der Waals surface area contributed by atoms with Crippen molar-refractivity contribution < 1.29 is 22.7 Å². The van der Waals surface area contributed by atoms with Gasteiger partial charge in [-0.05, 0) is 54.8 Å². The first kappa shape index (κ1) is 22.1. The number of nitrogens with one attached hydrogen (secondary N) is 1. The van der Waals surface area contributed by atoms with Crippen molar-refractivity contribution in [1.29, 1.82) is 0 Å². The Morgan fingerprint density at radius 3 is 2.50 bits per heavy atom. The maximum Gasteiger partial charge on any atom is 0.243 e. The van der Waals surface area contributed by atoms with Crippen LogP contribution in [0.1, 0.15) is 31.2 Å². The van der Waals surface area contributed by atoms with E-state index < -0.39 is 10.0 Å². The zero-order valence-corrected chi connectivity index (χ0v) is 18.2. The van der Waals surface area contributed by atoms with Crippen molar-refractivity contribution in [2.45, 2.75) is 43.2 Å². The third kappa shape index (κ3) is 5.31. The van der Waals surface area contributed by atoms with Crippen molar-refractivity contribution in [2.24, 2.45) is 0 Å². The summed E-state index contributed by atoms with van der Waals surface area (Å²) in [5.41, 5.74) is 0.925. The highest BCUT2D eigenvalue weighted by atomic mass is 32.2. The molecule has 0 radical (unpaired) electrons. The molecule has 30 heavy (non-hydrogen) atoms. The fourth-order valence-corrected chi connectivity index (χ4v) is 5.34. The molecule has 1 atom stereocenters. The smallest absolute Gasteiger partial charge is 0.243 e. The van der Waals surface area contributed by atoms with Crippen LogP contribution in [0.4, 0.5) is 0 Å². The van der Waals surface area contributed by atoms with Gasteiger partial charge in [0.15, 0.2) is 0 Å². The van der Waals surface area contributed by atoms with Crippen molar-refractivity contribution in [3.63, 3.8) is 0 Å². The lowest BCUT2D eigenvalue weighted by Crippen LogP contribution is -2.45. The zero-order chi connectivity index (χ0) is 21.6. The van der Waals surface area contributed by atoms with E-state index in [1.807, 2.05) is 24.3 Å². The molecule has 2 aromatic carbocycles. The molecule has 0 aliphatic carbocycles. The average molecular weight is 433 g/mol. The quantitative estimate of drug-likeness (QED) is 0.693. The predicted octanol–water partition coefficient (Wildman–Crippen LogP) is 2.95. The molecule has 1 amide bonds. The summed E-state index contributed by atoms with van der Waals surface area (Å²) in [6.45, 7) is 0.788. The fourth-order valence-electron chi connectivity index (χ4n) is 3.65. The van der Waals surface area contributed by atoms with E-state index in [1.165, 1.54) is 11.4 Å². The lowest BCUT2D eigenvalue weighted by Gasteiger charge is -2.34. The SMILES string of the molecule is COc1ccc(S(=O)(=O)N2CCCCC2CC(=O)NCc2cccc(OC)c2)cc1. The standard InChI is InChI=1S/C22H28N2O5S/c1-28-19-9-11-21(12-10-19)30(26,27)24-13-4-3-7-18(24)15-22(25)23-16-17-6-5-8-20(14-17)29-2/h5-6,8-12,14,18H,3-4,7,13,15-16H2,1-2H3,(H,23,25). The van der Waals surface area contributed by atoms with E-state index in [1.54, 1.807) is 31.4 Å². The fraction of sp³-hybridized carbons (Fsp3) is 0.409. The number of amides is 1. The first-order chi connectivity index (χ1) is 14.4. The van der Waals surface area contributed by atoms with E-state index in [4.69, 9.17) is 9.47 Å². The third-order valence-electron chi connectivity index (χ3n) is 5.28. The summed E-state index contributed by atoms with van der Waals surface area (Å²) >= 11 is 0. The van der Waals surface area contributed by atoms with Crippen LogP contribution < -0.4 is 14.8 Å². The monoisotopic (exact) mass is 432 g/mol. The number of rotatable bonds is 8. The van der Waals surface area contributed by atoms with E-state index in [0.29, 0.717) is 25.3 Å². The topological polar surface area (TPSA) is 84.9 Å². The van der Waals surface area contributed by atoms with E-state index >= 15 is 0 Å². The number of ether oxygens (including phenoxy) is 2. The number of carbonyl (C=O) groups is 1. The molecule has 2 aromatic rings. The molecule has 1 aliphatic rings. The molecule has 0 spiro atoms. The van der Waals surface area contributed by atoms with Gasteiger partial charge in [0.05, 0.1) is 19.1 Å². The minimum Gasteiger partial charge on any atom is -0.497 e. The van der Waals surface area contributed by atoms with Crippen LogP contribution in [0.25, 0.3) is 0 Å². The lowest BCUT2D eigenvalue weighted by atomic mass is 10.0. The van der Waals surface area contributed by atoms with E-state index in [9.17, 15) is 13.2 Å². The Kier molecular flexibility index (Phi) is 7.33. The Labute approximate surface area is 178 Å². The van der Waals surface area contributed by atoms with Gasteiger partial charge in [-0.25, -0.2) is 8.42 Å². The molecule has 162 valence electrons. The van der Waals surface area contributed by atoms with Crippen LogP contribution in [0.5, 0.6) is 11.5 Å². The molecule has 0 aromatic heterocycles. The van der Waals surface area contributed by atoms with Gasteiger partial charge >= 0.3 is 0 Å². The number of benzene rings is 2. The van der Waals surface area contributed by atoms with Crippen LogP contribution in [0.3, 0.4) is 0 Å². The van der Waals surface area contributed by atoms with Crippen LogP contribution in [-0.2, 0) is 21.4 Å². The highest BCUT2D eigenvalue weighted by Crippen LogP contribution is 2.28. The Hall–Kier alpha value is -2.58. The second kappa shape index (κ2) is 9.95. The molecule has 1 aliphatic heterocycles. The minimum atomic E-state index is -3.68. The van der Waals surface area contributed by atoms with Crippen molar-refractivity contribution in [3.8, 4) is 11.5 Å². The second-order valence-corrected chi connectivity index (χ2v) is 9.16. The van der Waals surface area contributed by atoms with Gasteiger partial charge < -0.3 is 14.8 Å². The van der Waals surface area contributed by atoms with E-state index in [2.05, 4.69) is 5.32 Å². The van der Waals surface area contributed by atoms with Crippen LogP contribution >= 0.6 is 0 Å². The summed E-state index contributed by atoms with van der Waals surface area (Å²) in [5, 5.41) is 2.89. The minimum absolute atomic E-state index is 0.138. The van der Waals surface area contributed by atoms with Crippen LogP contribution in [-0.4, -0.2) is 45.4 Å². The number of methoxy groups -OCH3 is 2. The van der Waals surface area contributed by atoms with Gasteiger partial charge in [-0.15, -0.1) is 0 Å². The molecule has 1 unspecified atom stereocenters. The maximum atomic E-state index is 13.2. The summed E-state index contributed by atoms with van der Waals surface area (Å²) < 4.78 is 38.1. The first-order valence-corrected chi connectivity index (χ1v) is 11.4. The normalized spacial score (nSPS) is 17.3. The molecular formula is C22H28N2O5S. The van der Waals surface area contributed by atoms with Crippen molar-refractivity contribution in [1.82, 2.24) is 9.62 Å². The highest BCUT2D eigenvalue weighted by molar-refractivity contribution is 7.89. The highest BCUT2D eigenvalue weighted by Gasteiger charge is 2.34. The molecule has 3 rings (SSSR count). The van der Waals surface area contributed by atoms with Crippen molar-refractivity contribution in [3.05, 3.63) is 54.1 Å². The summed E-state index contributed by atoms with van der Waals surface area (Å²) in [5.74, 6) is 1.16. The van der Waals surface area contributed by atoms with Crippen molar-refractivity contribution >= 4 is 15.9 Å². The van der Waals surface area contributed by atoms with E-state index in [-0.39, 0.29) is 23.3 Å². The zero-order valence-electron chi connectivity index (χ0n) is 17.3. The van der Waals surface area contributed by atoms with Gasteiger partial charge in [-0.3, -0.25) is 4.79 Å². The largest absolute Gasteiger partial charge is 0.497 e. The number of piperidine rings is 1. The number of hydrogen-bond acceptors (Lipinski definition) is 5. The molecular weight excluding hydrogens is 404 g/mol. The molecule has 0 saturated carbocycles. The summed E-state index contributed by atoms with van der Waals surface area (Å²) in [6, 6.07) is 13.5. The summed E-state index contributed by atoms with van der Waals surface area (Å²) in [7, 11) is -0.545. The number of nitrogens with zero attached hydrogens (tertiary/aromatic N) is 1. The summed E-state index contributed by atoms with van der Waals surface area (Å²) in [6.07, 6.45) is 2.50. The van der Waals surface area contributed by atoms with Crippen molar-refractivity contribution in [2.75, 3.05) is 20.8 Å². The van der Waals surface area contributed by atoms with Gasteiger partial charge in [0.2, 0.25) is 15.9 Å². The average Bonchev–Trinajstić information content (AvgIpc) is 2.78. The van der Waals surface area contributed by atoms with Crippen LogP contribution in [0, 0.1) is 0 Å². The molecule has 7 nitrogen and oxygen atoms in total. The third-order valence-corrected chi connectivity index (χ3v) is 7.25. The van der Waals surface area contributed by atoms with Gasteiger partial charge in [0.1, 0.15) is 11.5 Å². The van der Waals surface area contributed by atoms with Crippen LogP contribution in [0.2, 0.25) is 0 Å². The Morgan fingerprint density at radius 1 is 1.07 bits per heavy atom. The maximum absolute atomic E-state index is 13.2. The molecule has 1 fully saturated rings. The second-order valence-electron chi connectivity index (χ2n) is 7.27. The Morgan fingerprint density at radius 2 is 1.80 bits per heavy atom. The van der Waals surface area contributed by atoms with E-state index in [0.717, 1.165) is 24.2 Å². The number of sulfonamides is 1. The first-order valence-electron chi connectivity index (χ1n) is 9.99. The molecule has 0 bridgehead atoms. The summed E-state index contributed by atoms with van der Waals surface area (Å²) in [4.78, 5) is 12.8. The molecule has 8 heteroatoms. The molecule has 1 N–H and O–H groups in total. The van der Waals surface area contributed by atoms with Crippen LogP contribution in [0.15, 0.2) is 53.4 Å². The van der Waals surface area contributed by atoms with Gasteiger partial charge in [-0.1, -0.05) is 18.6 Å². The predicted molar refractivity (Wildman–Crippen MR) is 114 cm³/mol.